The molecule has 2 heterocycles. The second kappa shape index (κ2) is 5.75. The minimum absolute atomic E-state index is 0.0866. The third kappa shape index (κ3) is 3.16. The highest BCUT2D eigenvalue weighted by atomic mass is 16.4. The van der Waals surface area contributed by atoms with Gasteiger partial charge in [-0.2, -0.15) is 0 Å². The molecular weight excluding hydrogens is 250 g/mol. The standard InChI is InChI=1S/C12H21N3O4/c1-14-4-2-3-8(14)6-13-12(19)15-7-9(16)5-10(15)11(17)18/h8-10,16H,2-7H2,1H3,(H,13,19)(H,17,18)/t8?,9-,10-/m0/s1. The van der Waals surface area contributed by atoms with Gasteiger partial charge in [0.1, 0.15) is 6.04 Å². The zero-order valence-electron chi connectivity index (χ0n) is 11.1. The first-order valence-electron chi connectivity index (χ1n) is 6.64. The van der Waals surface area contributed by atoms with Crippen molar-refractivity contribution in [2.75, 3.05) is 26.7 Å². The number of carbonyl (C=O) groups is 2. The number of rotatable bonds is 3. The van der Waals surface area contributed by atoms with Crippen LogP contribution in [0.5, 0.6) is 0 Å². The molecule has 0 aromatic carbocycles. The molecule has 0 aromatic heterocycles. The van der Waals surface area contributed by atoms with Gasteiger partial charge >= 0.3 is 12.0 Å². The Hall–Kier alpha value is -1.34. The smallest absolute Gasteiger partial charge is 0.326 e. The summed E-state index contributed by atoms with van der Waals surface area (Å²) in [6.07, 6.45) is 1.52. The van der Waals surface area contributed by atoms with Crippen molar-refractivity contribution in [3.63, 3.8) is 0 Å². The first-order chi connectivity index (χ1) is 8.99. The zero-order chi connectivity index (χ0) is 14.0. The number of carboxylic acids is 1. The van der Waals surface area contributed by atoms with Gasteiger partial charge in [-0.25, -0.2) is 9.59 Å². The third-order valence-electron chi connectivity index (χ3n) is 3.99. The van der Waals surface area contributed by atoms with Crippen LogP contribution in [0.15, 0.2) is 0 Å². The highest BCUT2D eigenvalue weighted by Gasteiger charge is 2.39. The highest BCUT2D eigenvalue weighted by molar-refractivity contribution is 5.83. The molecule has 0 aliphatic carbocycles. The van der Waals surface area contributed by atoms with Crippen LogP contribution in [0, 0.1) is 0 Å². The number of likely N-dealkylation sites (tertiary alicyclic amines) is 2. The maximum atomic E-state index is 12.0. The van der Waals surface area contributed by atoms with E-state index in [4.69, 9.17) is 5.11 Å². The van der Waals surface area contributed by atoms with Crippen LogP contribution < -0.4 is 5.32 Å². The van der Waals surface area contributed by atoms with Crippen molar-refractivity contribution in [3.05, 3.63) is 0 Å². The number of nitrogens with zero attached hydrogens (tertiary/aromatic N) is 2. The lowest BCUT2D eigenvalue weighted by Crippen LogP contribution is -2.49. The van der Waals surface area contributed by atoms with E-state index in [0.29, 0.717) is 12.6 Å². The number of aliphatic hydroxyl groups excluding tert-OH is 1. The topological polar surface area (TPSA) is 93.1 Å². The van der Waals surface area contributed by atoms with E-state index in [9.17, 15) is 14.7 Å². The molecule has 0 radical (unpaired) electrons. The molecule has 0 spiro atoms. The lowest BCUT2D eigenvalue weighted by Gasteiger charge is -2.24. The number of hydrogen-bond donors (Lipinski definition) is 3. The second-order valence-electron chi connectivity index (χ2n) is 5.36. The normalized spacial score (nSPS) is 31.7. The molecule has 2 fully saturated rings. The maximum Gasteiger partial charge on any atom is 0.326 e. The van der Waals surface area contributed by atoms with Gasteiger partial charge in [-0.3, -0.25) is 0 Å². The lowest BCUT2D eigenvalue weighted by atomic mass is 10.2. The number of likely N-dealkylation sites (N-methyl/N-ethyl adjacent to an activating group) is 1. The van der Waals surface area contributed by atoms with Crippen LogP contribution in [0.3, 0.4) is 0 Å². The summed E-state index contributed by atoms with van der Waals surface area (Å²) in [6.45, 7) is 1.64. The Morgan fingerprint density at radius 3 is 2.74 bits per heavy atom. The first-order valence-corrected chi connectivity index (χ1v) is 6.64. The second-order valence-corrected chi connectivity index (χ2v) is 5.36. The van der Waals surface area contributed by atoms with Gasteiger partial charge in [-0.1, -0.05) is 0 Å². The van der Waals surface area contributed by atoms with Gasteiger partial charge in [0.2, 0.25) is 0 Å². The van der Waals surface area contributed by atoms with Crippen LogP contribution in [-0.4, -0.2) is 76.9 Å². The number of hydrogen-bond acceptors (Lipinski definition) is 4. The number of aliphatic carboxylic acids is 1. The van der Waals surface area contributed by atoms with Gasteiger partial charge in [0.25, 0.3) is 0 Å². The summed E-state index contributed by atoms with van der Waals surface area (Å²) in [5.74, 6) is -1.07. The number of carbonyl (C=O) groups excluding carboxylic acids is 1. The SMILES string of the molecule is CN1CCCC1CNC(=O)N1C[C@@H](O)C[C@H]1C(=O)O. The molecule has 3 atom stereocenters. The average molecular weight is 271 g/mol. The van der Waals surface area contributed by atoms with E-state index in [1.165, 1.54) is 4.90 Å². The largest absolute Gasteiger partial charge is 0.480 e. The Kier molecular flexibility index (Phi) is 4.26. The molecule has 2 rings (SSSR count). The van der Waals surface area contributed by atoms with E-state index in [2.05, 4.69) is 10.2 Å². The fraction of sp³-hybridized carbons (Fsp3) is 0.833. The Morgan fingerprint density at radius 1 is 1.42 bits per heavy atom. The molecule has 7 nitrogen and oxygen atoms in total. The zero-order valence-corrected chi connectivity index (χ0v) is 11.1. The predicted octanol–water partition coefficient (Wildman–Crippen LogP) is -0.690. The summed E-state index contributed by atoms with van der Waals surface area (Å²) in [7, 11) is 2.02. The van der Waals surface area contributed by atoms with Crippen LogP contribution in [-0.2, 0) is 4.79 Å². The summed E-state index contributed by atoms with van der Waals surface area (Å²) in [5.41, 5.74) is 0. The summed E-state index contributed by atoms with van der Waals surface area (Å²) >= 11 is 0. The van der Waals surface area contributed by atoms with Gasteiger partial charge in [-0.05, 0) is 26.4 Å². The highest BCUT2D eigenvalue weighted by Crippen LogP contribution is 2.18. The monoisotopic (exact) mass is 271 g/mol. The number of nitrogens with one attached hydrogen (secondary N) is 1. The molecular formula is C12H21N3O4. The van der Waals surface area contributed by atoms with Crippen molar-refractivity contribution >= 4 is 12.0 Å². The van der Waals surface area contributed by atoms with Crippen molar-refractivity contribution in [2.45, 2.75) is 37.5 Å². The third-order valence-corrected chi connectivity index (χ3v) is 3.99. The van der Waals surface area contributed by atoms with Crippen LogP contribution in [0.2, 0.25) is 0 Å². The minimum Gasteiger partial charge on any atom is -0.480 e. The molecule has 2 saturated heterocycles. The van der Waals surface area contributed by atoms with E-state index in [1.54, 1.807) is 0 Å². The van der Waals surface area contributed by atoms with Crippen LogP contribution in [0.25, 0.3) is 0 Å². The molecule has 0 saturated carbocycles. The summed E-state index contributed by atoms with van der Waals surface area (Å²) < 4.78 is 0. The van der Waals surface area contributed by atoms with Crippen molar-refractivity contribution in [1.82, 2.24) is 15.1 Å². The number of amides is 2. The number of aliphatic hydroxyl groups is 1. The van der Waals surface area contributed by atoms with Crippen molar-refractivity contribution in [3.8, 4) is 0 Å². The van der Waals surface area contributed by atoms with Crippen LogP contribution in [0.4, 0.5) is 4.79 Å². The van der Waals surface area contributed by atoms with Gasteiger partial charge in [0.05, 0.1) is 6.10 Å². The minimum atomic E-state index is -1.07. The Labute approximate surface area is 112 Å². The summed E-state index contributed by atoms with van der Waals surface area (Å²) in [4.78, 5) is 26.4. The quantitative estimate of drug-likeness (QED) is 0.632. The predicted molar refractivity (Wildman–Crippen MR) is 67.8 cm³/mol. The summed E-state index contributed by atoms with van der Waals surface area (Å²) in [6, 6.07) is -1.000. The van der Waals surface area contributed by atoms with Crippen molar-refractivity contribution in [2.24, 2.45) is 0 Å². The Balaban J connectivity index is 1.86. The molecule has 19 heavy (non-hydrogen) atoms. The van der Waals surface area contributed by atoms with E-state index in [1.807, 2.05) is 7.05 Å². The molecule has 2 aliphatic rings. The van der Waals surface area contributed by atoms with Crippen molar-refractivity contribution < 1.29 is 19.8 Å². The molecule has 2 amide bonds. The number of β-amino-alcohol motifs (C(OH)–C–C–N with tert-alkyl or cyclic N) is 1. The lowest BCUT2D eigenvalue weighted by molar-refractivity contribution is -0.141. The molecule has 7 heteroatoms. The van der Waals surface area contributed by atoms with Crippen LogP contribution in [0.1, 0.15) is 19.3 Å². The molecule has 108 valence electrons. The maximum absolute atomic E-state index is 12.0. The number of carboxylic acid groups (broad SMARTS) is 1. The van der Waals surface area contributed by atoms with Crippen LogP contribution >= 0.6 is 0 Å². The number of urea groups is 1. The Morgan fingerprint density at radius 2 is 2.16 bits per heavy atom. The van der Waals surface area contributed by atoms with E-state index >= 15 is 0 Å². The van der Waals surface area contributed by atoms with Gasteiger partial charge in [0.15, 0.2) is 0 Å². The van der Waals surface area contributed by atoms with E-state index in [0.717, 1.165) is 19.4 Å². The summed E-state index contributed by atoms with van der Waals surface area (Å²) in [5, 5.41) is 21.3. The Bertz CT molecular complexity index is 363. The molecule has 3 N–H and O–H groups in total. The van der Waals surface area contributed by atoms with E-state index in [-0.39, 0.29) is 13.0 Å². The van der Waals surface area contributed by atoms with Gasteiger partial charge < -0.3 is 25.3 Å². The van der Waals surface area contributed by atoms with Gasteiger partial charge in [-0.15, -0.1) is 0 Å². The molecule has 2 aliphatic heterocycles. The van der Waals surface area contributed by atoms with Gasteiger partial charge in [0, 0.05) is 25.6 Å². The fourth-order valence-electron chi connectivity index (χ4n) is 2.82. The molecule has 1 unspecified atom stereocenters. The first kappa shape index (κ1) is 14.1. The molecule has 0 bridgehead atoms. The van der Waals surface area contributed by atoms with Crippen molar-refractivity contribution in [1.29, 1.82) is 0 Å². The molecule has 0 aromatic rings. The fourth-order valence-corrected chi connectivity index (χ4v) is 2.82. The average Bonchev–Trinajstić information content (AvgIpc) is 2.92. The van der Waals surface area contributed by atoms with E-state index < -0.39 is 24.1 Å².